The molecule has 0 radical (unpaired) electrons. The van der Waals surface area contributed by atoms with Gasteiger partial charge in [-0.1, -0.05) is 0 Å². The number of β-lactam (4-membered cyclic amide) rings is 1. The lowest BCUT2D eigenvalue weighted by Gasteiger charge is -2.44. The number of carboxylic acids is 1. The summed E-state index contributed by atoms with van der Waals surface area (Å²) in [5.74, 6) is -4.99. The molecule has 0 aliphatic carbocycles. The summed E-state index contributed by atoms with van der Waals surface area (Å²) in [7, 11) is -5.10. The number of rotatable bonds is 13. The molecule has 4 heterocycles. The highest BCUT2D eigenvalue weighted by Gasteiger charge is 2.54. The highest BCUT2D eigenvalue weighted by atomic mass is 32.2. The fraction of sp³-hybridized carbons (Fsp3) is 0.280. The van der Waals surface area contributed by atoms with Crippen LogP contribution in [0.5, 0.6) is 5.75 Å². The summed E-state index contributed by atoms with van der Waals surface area (Å²) in [6, 6.07) is 0.764. The van der Waals surface area contributed by atoms with Gasteiger partial charge in [0.25, 0.3) is 17.7 Å². The number of carbonyl (C=O) groups excluding carboxylic acids is 3. The summed E-state index contributed by atoms with van der Waals surface area (Å²) in [6.45, 7) is -0.380. The number of aromatic amines is 1. The molecule has 1 aliphatic rings. The molecule has 3 amide bonds. The standard InChI is InChI=1S/C25H27N9O11S2/c1-25(42,23(40)41)10-31-18(13-9-46-24(26)32-13)21(38)33-19-14(34(22(19)39)47(43,44)45)7-29-17-4-11(2-3-27-17)20(37)30-6-12-5-15(35)16(36)8-28-12/h2-5,8-9,14,19,36,42H,6-7,10H2,1H3,(H2,26,32)(H,27,29)(H,28,35)(H,30,37)(H,33,38)(H,40,41)(H,43,44,45). The third-order valence-corrected chi connectivity index (χ3v) is 8.22. The van der Waals surface area contributed by atoms with Crippen LogP contribution in [0.4, 0.5) is 10.9 Å². The normalized spacial score (nSPS) is 17.7. The molecule has 1 saturated heterocycles. The summed E-state index contributed by atoms with van der Waals surface area (Å²) < 4.78 is 33.7. The van der Waals surface area contributed by atoms with Gasteiger partial charge in [0.2, 0.25) is 5.43 Å². The number of nitrogens with zero attached hydrogens (tertiary/aromatic N) is 4. The average Bonchev–Trinajstić information content (AvgIpc) is 3.43. The molecular weight excluding hydrogens is 666 g/mol. The minimum absolute atomic E-state index is 0.0172. The Morgan fingerprint density at radius 2 is 1.98 bits per heavy atom. The number of carboxylic acid groups (broad SMARTS) is 1. The molecule has 4 rings (SSSR count). The van der Waals surface area contributed by atoms with E-state index in [9.17, 15) is 52.3 Å². The SMILES string of the molecule is CC(O)(CN=C(C(=O)NC1C(=O)N(S(=O)(=O)O)C1CNc1cc(C(=O)NCc2cc(=O)c(O)c[nH]2)ccn1)c1csc(N)n1)C(=O)O. The van der Waals surface area contributed by atoms with Crippen molar-refractivity contribution in [1.82, 2.24) is 29.9 Å². The smallest absolute Gasteiger partial charge is 0.362 e. The lowest BCUT2D eigenvalue weighted by atomic mass is 9.98. The molecule has 22 heteroatoms. The summed E-state index contributed by atoms with van der Waals surface area (Å²) in [4.78, 5) is 76.0. The molecule has 1 fully saturated rings. The van der Waals surface area contributed by atoms with Gasteiger partial charge in [0.15, 0.2) is 16.5 Å². The second kappa shape index (κ2) is 13.5. The van der Waals surface area contributed by atoms with E-state index in [1.54, 1.807) is 0 Å². The van der Waals surface area contributed by atoms with Crippen LogP contribution in [0.2, 0.25) is 0 Å². The Hall–Kier alpha value is -5.45. The molecule has 0 spiro atoms. The zero-order valence-corrected chi connectivity index (χ0v) is 25.7. The summed E-state index contributed by atoms with van der Waals surface area (Å²) >= 11 is 0.916. The number of aromatic nitrogens is 3. The van der Waals surface area contributed by atoms with Gasteiger partial charge < -0.3 is 42.0 Å². The van der Waals surface area contributed by atoms with E-state index in [0.29, 0.717) is 5.69 Å². The number of aromatic hydroxyl groups is 1. The lowest BCUT2D eigenvalue weighted by molar-refractivity contribution is -0.155. The molecule has 0 aromatic carbocycles. The minimum atomic E-state index is -5.10. The number of H-pyrrole nitrogens is 1. The molecule has 3 unspecified atom stereocenters. The molecule has 1 aliphatic heterocycles. The second-order valence-corrected chi connectivity index (χ2v) is 12.3. The molecule has 0 saturated carbocycles. The maximum absolute atomic E-state index is 13.2. The van der Waals surface area contributed by atoms with Crippen LogP contribution in [0, 0.1) is 0 Å². The summed E-state index contributed by atoms with van der Waals surface area (Å²) in [5, 5.41) is 37.5. The van der Waals surface area contributed by atoms with Crippen molar-refractivity contribution >= 4 is 62.0 Å². The quantitative estimate of drug-likeness (QED) is 0.0515. The molecule has 250 valence electrons. The van der Waals surface area contributed by atoms with Crippen molar-refractivity contribution in [1.29, 1.82) is 0 Å². The van der Waals surface area contributed by atoms with Crippen molar-refractivity contribution < 1.29 is 47.5 Å². The number of aliphatic imine (C=N–C) groups is 1. The summed E-state index contributed by atoms with van der Waals surface area (Å²) in [5.41, 5.74) is 2.38. The van der Waals surface area contributed by atoms with Crippen molar-refractivity contribution in [2.24, 2.45) is 4.99 Å². The van der Waals surface area contributed by atoms with Crippen LogP contribution in [0.3, 0.4) is 0 Å². The van der Waals surface area contributed by atoms with Crippen LogP contribution in [-0.2, 0) is 31.2 Å². The average molecular weight is 694 g/mol. The summed E-state index contributed by atoms with van der Waals surface area (Å²) in [6.07, 6.45) is 2.32. The van der Waals surface area contributed by atoms with Crippen molar-refractivity contribution in [3.05, 3.63) is 63.1 Å². The van der Waals surface area contributed by atoms with Gasteiger partial charge >= 0.3 is 16.3 Å². The number of pyridine rings is 2. The first-order valence-corrected chi connectivity index (χ1v) is 15.5. The van der Waals surface area contributed by atoms with Gasteiger partial charge in [0.1, 0.15) is 23.3 Å². The number of hydrogen-bond donors (Lipinski definition) is 9. The topological polar surface area (TPSA) is 320 Å². The van der Waals surface area contributed by atoms with Crippen LogP contribution in [0.1, 0.15) is 28.7 Å². The molecule has 10 N–H and O–H groups in total. The number of amides is 3. The van der Waals surface area contributed by atoms with E-state index in [4.69, 9.17) is 5.73 Å². The van der Waals surface area contributed by atoms with E-state index in [2.05, 4.69) is 35.9 Å². The van der Waals surface area contributed by atoms with E-state index >= 15 is 0 Å². The van der Waals surface area contributed by atoms with Gasteiger partial charge in [-0.2, -0.15) is 8.42 Å². The van der Waals surface area contributed by atoms with E-state index in [1.165, 1.54) is 23.7 Å². The fourth-order valence-corrected chi connectivity index (χ4v) is 5.53. The van der Waals surface area contributed by atoms with Crippen LogP contribution >= 0.6 is 11.3 Å². The van der Waals surface area contributed by atoms with E-state index in [0.717, 1.165) is 30.5 Å². The largest absolute Gasteiger partial charge is 0.503 e. The number of hydrogen-bond acceptors (Lipinski definition) is 15. The first-order valence-electron chi connectivity index (χ1n) is 13.2. The number of aliphatic hydroxyl groups is 1. The molecular formula is C25H27N9O11S2. The number of aliphatic carboxylic acids is 1. The Morgan fingerprint density at radius 1 is 1.26 bits per heavy atom. The van der Waals surface area contributed by atoms with E-state index < -0.39 is 81.7 Å². The third kappa shape index (κ3) is 8.04. The zero-order chi connectivity index (χ0) is 34.7. The van der Waals surface area contributed by atoms with Gasteiger partial charge in [-0.3, -0.25) is 28.7 Å². The zero-order valence-electron chi connectivity index (χ0n) is 24.1. The number of carbonyl (C=O) groups is 4. The molecule has 3 aromatic heterocycles. The molecule has 3 atom stereocenters. The van der Waals surface area contributed by atoms with Crippen LogP contribution < -0.4 is 27.1 Å². The first-order chi connectivity index (χ1) is 22.0. The van der Waals surface area contributed by atoms with Crippen LogP contribution in [0.25, 0.3) is 0 Å². The Kier molecular flexibility index (Phi) is 9.89. The van der Waals surface area contributed by atoms with E-state index in [1.807, 2.05) is 0 Å². The van der Waals surface area contributed by atoms with Gasteiger partial charge in [-0.15, -0.1) is 11.3 Å². The highest BCUT2D eigenvalue weighted by Crippen LogP contribution is 2.25. The minimum Gasteiger partial charge on any atom is -0.503 e. The number of nitrogens with one attached hydrogen (secondary N) is 4. The molecule has 20 nitrogen and oxygen atoms in total. The van der Waals surface area contributed by atoms with Crippen molar-refractivity contribution in [2.75, 3.05) is 24.1 Å². The van der Waals surface area contributed by atoms with Gasteiger partial charge in [-0.05, 0) is 19.1 Å². The monoisotopic (exact) mass is 693 g/mol. The van der Waals surface area contributed by atoms with Crippen LogP contribution in [-0.4, -0.2) is 108 Å². The maximum atomic E-state index is 13.2. The third-order valence-electron chi connectivity index (χ3n) is 6.60. The maximum Gasteiger partial charge on any atom is 0.362 e. The number of anilines is 2. The Balaban J connectivity index is 1.49. The highest BCUT2D eigenvalue weighted by molar-refractivity contribution is 7.84. The molecule has 47 heavy (non-hydrogen) atoms. The Morgan fingerprint density at radius 3 is 2.60 bits per heavy atom. The first kappa shape index (κ1) is 34.4. The predicted molar refractivity (Wildman–Crippen MR) is 163 cm³/mol. The van der Waals surface area contributed by atoms with Gasteiger partial charge in [-0.25, -0.2) is 19.1 Å². The number of nitrogens with two attached hydrogens (primary N) is 1. The Labute approximate surface area is 268 Å². The van der Waals surface area contributed by atoms with Crippen LogP contribution in [0.15, 0.2) is 45.8 Å². The van der Waals surface area contributed by atoms with E-state index in [-0.39, 0.29) is 33.1 Å². The van der Waals surface area contributed by atoms with Crippen molar-refractivity contribution in [3.63, 3.8) is 0 Å². The van der Waals surface area contributed by atoms with Gasteiger partial charge in [0, 0.05) is 41.6 Å². The van der Waals surface area contributed by atoms with Crippen molar-refractivity contribution in [3.8, 4) is 5.75 Å². The molecule has 3 aromatic rings. The second-order valence-electron chi connectivity index (χ2n) is 10.1. The Bertz CT molecular complexity index is 1920. The fourth-order valence-electron chi connectivity index (χ4n) is 4.10. The van der Waals surface area contributed by atoms with Gasteiger partial charge in [0.05, 0.1) is 19.1 Å². The van der Waals surface area contributed by atoms with Crippen molar-refractivity contribution in [2.45, 2.75) is 31.2 Å². The number of thiazole rings is 1. The number of nitrogen functional groups attached to an aromatic ring is 1. The molecule has 0 bridgehead atoms. The predicted octanol–water partition coefficient (Wildman–Crippen LogP) is -2.32. The lowest BCUT2D eigenvalue weighted by Crippen LogP contribution is -2.74.